The van der Waals surface area contributed by atoms with Crippen molar-refractivity contribution in [2.45, 2.75) is 74.6 Å². The van der Waals surface area contributed by atoms with Gasteiger partial charge in [0.05, 0.1) is 18.4 Å². The molecule has 30 heavy (non-hydrogen) atoms. The van der Waals surface area contributed by atoms with Crippen LogP contribution in [0.2, 0.25) is 0 Å². The first-order chi connectivity index (χ1) is 14.4. The Labute approximate surface area is 182 Å². The Morgan fingerprint density at radius 3 is 2.60 bits per heavy atom. The number of esters is 1. The lowest BCUT2D eigenvalue weighted by Gasteiger charge is -2.26. The fraction of sp³-hybridized carbons (Fsp3) is 0.609. The molecule has 0 radical (unpaired) electrons. The summed E-state index contributed by atoms with van der Waals surface area (Å²) in [4.78, 5) is 36.9. The van der Waals surface area contributed by atoms with Crippen LogP contribution in [0.1, 0.15) is 51.5 Å². The molecule has 6 nitrogen and oxygen atoms in total. The highest BCUT2D eigenvalue weighted by atomic mass is 32.2. The van der Waals surface area contributed by atoms with E-state index >= 15 is 0 Å². The van der Waals surface area contributed by atoms with Crippen LogP contribution in [0.3, 0.4) is 0 Å². The van der Waals surface area contributed by atoms with E-state index in [1.165, 1.54) is 31.0 Å². The molecule has 3 rings (SSSR count). The predicted molar refractivity (Wildman–Crippen MR) is 118 cm³/mol. The Hall–Kier alpha value is -1.86. The molecule has 1 aromatic carbocycles. The molecule has 0 bridgehead atoms. The number of benzene rings is 1. The van der Waals surface area contributed by atoms with Crippen LogP contribution in [-0.4, -0.2) is 47.0 Å². The summed E-state index contributed by atoms with van der Waals surface area (Å²) in [6.07, 6.45) is 6.86. The number of aldehydes is 1. The molecule has 1 saturated heterocycles. The van der Waals surface area contributed by atoms with Crippen molar-refractivity contribution < 1.29 is 19.1 Å². The van der Waals surface area contributed by atoms with Crippen molar-refractivity contribution in [1.29, 1.82) is 0 Å². The molecule has 7 heteroatoms. The van der Waals surface area contributed by atoms with Crippen LogP contribution >= 0.6 is 11.8 Å². The third-order valence-corrected chi connectivity index (χ3v) is 7.41. The molecule has 1 aliphatic heterocycles. The second kappa shape index (κ2) is 10.4. The molecule has 1 aliphatic carbocycles. The highest BCUT2D eigenvalue weighted by Crippen LogP contribution is 2.39. The number of ether oxygens (including phenoxy) is 1. The van der Waals surface area contributed by atoms with Crippen LogP contribution in [0.15, 0.2) is 30.3 Å². The molecule has 1 aromatic rings. The molecule has 2 aliphatic rings. The number of carbonyl (C=O) groups excluding carboxylic acids is 3. The Kier molecular flexibility index (Phi) is 7.94. The van der Waals surface area contributed by atoms with Gasteiger partial charge in [0.1, 0.15) is 18.4 Å². The number of hydrogen-bond donors (Lipinski definition) is 2. The summed E-state index contributed by atoms with van der Waals surface area (Å²) >= 11 is 1.49. The molecule has 2 fully saturated rings. The summed E-state index contributed by atoms with van der Waals surface area (Å²) in [5, 5.41) is 5.64. The SMILES string of the molecule is CC1(C)SC([C@@H](C=O)NC(=O)Cc2ccccc2)NC1C(=O)OCC1CCCCC1. The third kappa shape index (κ3) is 6.08. The van der Waals surface area contributed by atoms with Crippen molar-refractivity contribution in [3.63, 3.8) is 0 Å². The van der Waals surface area contributed by atoms with Gasteiger partial charge in [0.25, 0.3) is 0 Å². The topological polar surface area (TPSA) is 84.5 Å². The Bertz CT molecular complexity index is 734. The van der Waals surface area contributed by atoms with Gasteiger partial charge < -0.3 is 14.8 Å². The smallest absolute Gasteiger partial charge is 0.324 e. The molecule has 0 spiro atoms. The van der Waals surface area contributed by atoms with E-state index in [0.29, 0.717) is 12.5 Å². The van der Waals surface area contributed by atoms with Crippen molar-refractivity contribution in [3.8, 4) is 0 Å². The standard InChI is InChI=1S/C23H32N2O4S/c1-23(2)20(22(28)29-15-17-11-7-4-8-12-17)25-21(30-23)18(14-26)24-19(27)13-16-9-5-3-6-10-16/h3,5-6,9-10,14,17-18,20-21,25H,4,7-8,11-13,15H2,1-2H3,(H,24,27)/t18-,20?,21?/m1/s1. The first-order valence-corrected chi connectivity index (χ1v) is 11.7. The van der Waals surface area contributed by atoms with Crippen LogP contribution in [0.5, 0.6) is 0 Å². The van der Waals surface area contributed by atoms with E-state index in [1.807, 2.05) is 44.2 Å². The number of thioether (sulfide) groups is 1. The van der Waals surface area contributed by atoms with Gasteiger partial charge in [-0.2, -0.15) is 0 Å². The summed E-state index contributed by atoms with van der Waals surface area (Å²) in [6, 6.07) is 8.15. The van der Waals surface area contributed by atoms with Crippen molar-refractivity contribution >= 4 is 29.9 Å². The summed E-state index contributed by atoms with van der Waals surface area (Å²) < 4.78 is 5.19. The maximum absolute atomic E-state index is 12.7. The van der Waals surface area contributed by atoms with Gasteiger partial charge in [-0.25, -0.2) is 0 Å². The maximum Gasteiger partial charge on any atom is 0.324 e. The number of rotatable bonds is 8. The Balaban J connectivity index is 1.54. The van der Waals surface area contributed by atoms with E-state index in [2.05, 4.69) is 10.6 Å². The minimum absolute atomic E-state index is 0.207. The van der Waals surface area contributed by atoms with E-state index in [4.69, 9.17) is 4.74 Å². The molecule has 1 amide bonds. The zero-order valence-electron chi connectivity index (χ0n) is 17.8. The second-order valence-electron chi connectivity index (χ2n) is 8.77. The molecule has 1 heterocycles. The van der Waals surface area contributed by atoms with Crippen molar-refractivity contribution in [3.05, 3.63) is 35.9 Å². The minimum Gasteiger partial charge on any atom is -0.464 e. The van der Waals surface area contributed by atoms with Gasteiger partial charge in [-0.3, -0.25) is 14.9 Å². The van der Waals surface area contributed by atoms with Gasteiger partial charge in [0.2, 0.25) is 5.91 Å². The second-order valence-corrected chi connectivity index (χ2v) is 10.6. The molecule has 2 unspecified atom stereocenters. The molecule has 164 valence electrons. The van der Waals surface area contributed by atoms with Gasteiger partial charge in [0.15, 0.2) is 0 Å². The van der Waals surface area contributed by atoms with E-state index in [1.54, 1.807) is 0 Å². The zero-order valence-corrected chi connectivity index (χ0v) is 18.6. The van der Waals surface area contributed by atoms with Crippen LogP contribution in [0.25, 0.3) is 0 Å². The number of carbonyl (C=O) groups is 3. The third-order valence-electron chi connectivity index (χ3n) is 5.89. The van der Waals surface area contributed by atoms with Gasteiger partial charge >= 0.3 is 5.97 Å². The number of hydrogen-bond acceptors (Lipinski definition) is 6. The predicted octanol–water partition coefficient (Wildman–Crippen LogP) is 2.85. The van der Waals surface area contributed by atoms with E-state index in [9.17, 15) is 14.4 Å². The van der Waals surface area contributed by atoms with Gasteiger partial charge in [0, 0.05) is 4.75 Å². The molecular weight excluding hydrogens is 400 g/mol. The fourth-order valence-corrected chi connectivity index (χ4v) is 5.60. The van der Waals surface area contributed by atoms with E-state index < -0.39 is 16.8 Å². The fourth-order valence-electron chi connectivity index (χ4n) is 4.16. The van der Waals surface area contributed by atoms with Crippen molar-refractivity contribution in [2.75, 3.05) is 6.61 Å². The molecule has 3 atom stereocenters. The highest BCUT2D eigenvalue weighted by Gasteiger charge is 2.48. The Morgan fingerprint density at radius 1 is 1.23 bits per heavy atom. The molecular formula is C23H32N2O4S. The van der Waals surface area contributed by atoms with Crippen LogP contribution in [0.4, 0.5) is 0 Å². The zero-order chi connectivity index (χ0) is 21.6. The molecule has 2 N–H and O–H groups in total. The summed E-state index contributed by atoms with van der Waals surface area (Å²) in [5.74, 6) is -0.0432. The number of amides is 1. The number of nitrogens with one attached hydrogen (secondary N) is 2. The van der Waals surface area contributed by atoms with Gasteiger partial charge in [-0.05, 0) is 38.2 Å². The van der Waals surface area contributed by atoms with Crippen molar-refractivity contribution in [2.24, 2.45) is 5.92 Å². The summed E-state index contributed by atoms with van der Waals surface area (Å²) in [7, 11) is 0. The highest BCUT2D eigenvalue weighted by molar-refractivity contribution is 8.01. The minimum atomic E-state index is -0.721. The first-order valence-electron chi connectivity index (χ1n) is 10.8. The summed E-state index contributed by atoms with van der Waals surface area (Å²) in [6.45, 7) is 4.39. The van der Waals surface area contributed by atoms with Gasteiger partial charge in [-0.15, -0.1) is 11.8 Å². The maximum atomic E-state index is 12.7. The summed E-state index contributed by atoms with van der Waals surface area (Å²) in [5.41, 5.74) is 0.885. The van der Waals surface area contributed by atoms with Gasteiger partial charge in [-0.1, -0.05) is 49.6 Å². The van der Waals surface area contributed by atoms with Crippen LogP contribution < -0.4 is 10.6 Å². The van der Waals surface area contributed by atoms with E-state index in [-0.39, 0.29) is 23.7 Å². The largest absolute Gasteiger partial charge is 0.464 e. The quantitative estimate of drug-likeness (QED) is 0.485. The van der Waals surface area contributed by atoms with Crippen LogP contribution in [-0.2, 0) is 25.5 Å². The Morgan fingerprint density at radius 2 is 1.93 bits per heavy atom. The van der Waals surface area contributed by atoms with Crippen LogP contribution in [0, 0.1) is 5.92 Å². The monoisotopic (exact) mass is 432 g/mol. The molecule has 0 aromatic heterocycles. The lowest BCUT2D eigenvalue weighted by Crippen LogP contribution is -2.52. The lowest BCUT2D eigenvalue weighted by molar-refractivity contribution is -0.148. The van der Waals surface area contributed by atoms with Crippen molar-refractivity contribution in [1.82, 2.24) is 10.6 Å². The average Bonchev–Trinajstić information content (AvgIpc) is 3.06. The normalized spacial score (nSPS) is 24.7. The average molecular weight is 433 g/mol. The van der Waals surface area contributed by atoms with E-state index in [0.717, 1.165) is 24.7 Å². The first kappa shape index (κ1) is 22.8. The molecule has 1 saturated carbocycles. The lowest BCUT2D eigenvalue weighted by atomic mass is 9.90.